The molecule has 0 aromatic carbocycles. The summed E-state index contributed by atoms with van der Waals surface area (Å²) >= 11 is 1.19. The summed E-state index contributed by atoms with van der Waals surface area (Å²) in [6.45, 7) is 14.3. The summed E-state index contributed by atoms with van der Waals surface area (Å²) in [5.74, 6) is 5.73. The van der Waals surface area contributed by atoms with Gasteiger partial charge in [0.15, 0.2) is 0 Å². The molecule has 1 aliphatic rings. The molecule has 1 heterocycles. The van der Waals surface area contributed by atoms with Gasteiger partial charge in [0.2, 0.25) is 5.91 Å². The predicted octanol–water partition coefficient (Wildman–Crippen LogP) is 6.07. The second kappa shape index (κ2) is 12.6. The van der Waals surface area contributed by atoms with Gasteiger partial charge in [-0.3, -0.25) is 9.69 Å². The van der Waals surface area contributed by atoms with E-state index in [1.807, 2.05) is 41.5 Å². The van der Waals surface area contributed by atoms with Gasteiger partial charge < -0.3 is 9.47 Å². The van der Waals surface area contributed by atoms with Crippen molar-refractivity contribution >= 4 is 34.9 Å². The summed E-state index contributed by atoms with van der Waals surface area (Å²) in [6, 6.07) is 0.916. The standard InChI is InChI=1S/C28H41NO5S/c1-9-22(26(31)34-17-18(2)3)29(25(30)20-12-10-19(4)11-13-20)23-16-21(14-15-28(5,6)7)35-24(23)27(32)33-8/h16,18-20,22H,9-13,17H2,1-8H3/t19?,20?,22-/m0/s1. The molecule has 1 saturated carbocycles. The molecule has 1 fully saturated rings. The first-order valence-electron chi connectivity index (χ1n) is 12.6. The van der Waals surface area contributed by atoms with E-state index in [0.717, 1.165) is 25.7 Å². The van der Waals surface area contributed by atoms with Crippen LogP contribution >= 0.6 is 11.3 Å². The Balaban J connectivity index is 2.60. The zero-order valence-electron chi connectivity index (χ0n) is 22.5. The first kappa shape index (κ1) is 28.9. The number of ether oxygens (including phenoxy) is 2. The topological polar surface area (TPSA) is 72.9 Å². The van der Waals surface area contributed by atoms with Crippen LogP contribution in [0, 0.1) is 35.0 Å². The molecule has 7 heteroatoms. The van der Waals surface area contributed by atoms with E-state index in [4.69, 9.17) is 9.47 Å². The molecule has 2 rings (SSSR count). The summed E-state index contributed by atoms with van der Waals surface area (Å²) in [4.78, 5) is 42.4. The quantitative estimate of drug-likeness (QED) is 0.318. The molecule has 0 unspecified atom stereocenters. The highest BCUT2D eigenvalue weighted by Gasteiger charge is 2.39. The number of hydrogen-bond acceptors (Lipinski definition) is 6. The van der Waals surface area contributed by atoms with Gasteiger partial charge in [0.05, 0.1) is 24.3 Å². The van der Waals surface area contributed by atoms with Gasteiger partial charge in [0.25, 0.3) is 0 Å². The fourth-order valence-corrected chi connectivity index (χ4v) is 4.97. The number of hydrogen-bond donors (Lipinski definition) is 0. The number of carbonyl (C=O) groups excluding carboxylic acids is 3. The molecule has 0 N–H and O–H groups in total. The van der Waals surface area contributed by atoms with E-state index in [0.29, 0.717) is 22.9 Å². The van der Waals surface area contributed by atoms with Crippen molar-refractivity contribution in [2.24, 2.45) is 23.2 Å². The normalized spacial score (nSPS) is 18.9. The molecule has 35 heavy (non-hydrogen) atoms. The molecule has 6 nitrogen and oxygen atoms in total. The number of esters is 2. The molecule has 0 bridgehead atoms. The fourth-order valence-electron chi connectivity index (χ4n) is 4.05. The van der Waals surface area contributed by atoms with Gasteiger partial charge in [-0.05, 0) is 70.8 Å². The van der Waals surface area contributed by atoms with E-state index in [9.17, 15) is 14.4 Å². The van der Waals surface area contributed by atoms with Crippen LogP contribution in [0.5, 0.6) is 0 Å². The van der Waals surface area contributed by atoms with Crippen LogP contribution < -0.4 is 4.90 Å². The van der Waals surface area contributed by atoms with Crippen molar-refractivity contribution in [3.05, 3.63) is 15.8 Å². The average Bonchev–Trinajstić information content (AvgIpc) is 3.22. The van der Waals surface area contributed by atoms with Crippen LogP contribution in [0.1, 0.15) is 95.1 Å². The molecule has 1 aliphatic carbocycles. The largest absolute Gasteiger partial charge is 0.465 e. The van der Waals surface area contributed by atoms with E-state index < -0.39 is 18.0 Å². The van der Waals surface area contributed by atoms with Crippen LogP contribution in [-0.4, -0.2) is 37.6 Å². The molecular weight excluding hydrogens is 462 g/mol. The third-order valence-electron chi connectivity index (χ3n) is 6.04. The Morgan fingerprint density at radius 2 is 1.80 bits per heavy atom. The lowest BCUT2D eigenvalue weighted by Gasteiger charge is -2.35. The number of thiophene rings is 1. The smallest absolute Gasteiger partial charge is 0.350 e. The molecule has 194 valence electrons. The van der Waals surface area contributed by atoms with Crippen molar-refractivity contribution in [3.8, 4) is 11.8 Å². The van der Waals surface area contributed by atoms with Gasteiger partial charge in [-0.1, -0.05) is 39.5 Å². The highest BCUT2D eigenvalue weighted by molar-refractivity contribution is 7.15. The van der Waals surface area contributed by atoms with E-state index in [1.165, 1.54) is 23.3 Å². The number of rotatable bonds is 8. The van der Waals surface area contributed by atoms with Crippen molar-refractivity contribution in [3.63, 3.8) is 0 Å². The zero-order chi connectivity index (χ0) is 26.3. The van der Waals surface area contributed by atoms with Crippen molar-refractivity contribution < 1.29 is 23.9 Å². The second-order valence-electron chi connectivity index (χ2n) is 10.9. The highest BCUT2D eigenvalue weighted by atomic mass is 32.1. The lowest BCUT2D eigenvalue weighted by molar-refractivity contribution is -0.148. The molecular formula is C28H41NO5S. The minimum absolute atomic E-state index is 0.136. The highest BCUT2D eigenvalue weighted by Crippen LogP contribution is 2.37. The van der Waals surface area contributed by atoms with Crippen molar-refractivity contribution in [1.82, 2.24) is 0 Å². The van der Waals surface area contributed by atoms with Crippen LogP contribution in [0.15, 0.2) is 6.07 Å². The van der Waals surface area contributed by atoms with Crippen LogP contribution in [0.2, 0.25) is 0 Å². The Hall–Kier alpha value is -2.33. The first-order valence-corrected chi connectivity index (χ1v) is 13.4. The van der Waals surface area contributed by atoms with Crippen molar-refractivity contribution in [2.75, 3.05) is 18.6 Å². The molecule has 0 radical (unpaired) electrons. The van der Waals surface area contributed by atoms with Gasteiger partial charge in [0.1, 0.15) is 10.9 Å². The zero-order valence-corrected chi connectivity index (χ0v) is 23.3. The maximum absolute atomic E-state index is 14.0. The van der Waals surface area contributed by atoms with Gasteiger partial charge >= 0.3 is 11.9 Å². The number of nitrogens with zero attached hydrogens (tertiary/aromatic N) is 1. The lowest BCUT2D eigenvalue weighted by Crippen LogP contribution is -2.49. The Bertz CT molecular complexity index is 954. The van der Waals surface area contributed by atoms with Crippen LogP contribution in [-0.2, 0) is 19.1 Å². The van der Waals surface area contributed by atoms with Crippen LogP contribution in [0.4, 0.5) is 5.69 Å². The lowest BCUT2D eigenvalue weighted by atomic mass is 9.82. The third kappa shape index (κ3) is 8.10. The Morgan fingerprint density at radius 1 is 1.17 bits per heavy atom. The maximum atomic E-state index is 14.0. The number of methoxy groups -OCH3 is 1. The molecule has 0 saturated heterocycles. The number of carbonyl (C=O) groups is 3. The minimum Gasteiger partial charge on any atom is -0.465 e. The third-order valence-corrected chi connectivity index (χ3v) is 7.06. The molecule has 0 spiro atoms. The molecule has 0 aliphatic heterocycles. The maximum Gasteiger partial charge on any atom is 0.350 e. The van der Waals surface area contributed by atoms with Gasteiger partial charge in [-0.15, -0.1) is 11.3 Å². The monoisotopic (exact) mass is 503 g/mol. The molecule has 1 aromatic rings. The van der Waals surface area contributed by atoms with Gasteiger partial charge in [-0.25, -0.2) is 9.59 Å². The average molecular weight is 504 g/mol. The first-order chi connectivity index (χ1) is 16.4. The second-order valence-corrected chi connectivity index (χ2v) is 12.0. The van der Waals surface area contributed by atoms with Gasteiger partial charge in [0, 0.05) is 11.3 Å². The van der Waals surface area contributed by atoms with Gasteiger partial charge in [-0.2, -0.15) is 0 Å². The van der Waals surface area contributed by atoms with Crippen LogP contribution in [0.25, 0.3) is 0 Å². The summed E-state index contributed by atoms with van der Waals surface area (Å²) in [7, 11) is 1.31. The molecule has 1 aromatic heterocycles. The van der Waals surface area contributed by atoms with Crippen LogP contribution in [0.3, 0.4) is 0 Å². The summed E-state index contributed by atoms with van der Waals surface area (Å²) < 4.78 is 10.6. The predicted molar refractivity (Wildman–Crippen MR) is 140 cm³/mol. The Kier molecular flexibility index (Phi) is 10.4. The van der Waals surface area contributed by atoms with E-state index in [2.05, 4.69) is 18.8 Å². The van der Waals surface area contributed by atoms with E-state index >= 15 is 0 Å². The minimum atomic E-state index is -0.831. The fraction of sp³-hybridized carbons (Fsp3) is 0.679. The SMILES string of the molecule is CC[C@@H](C(=O)OCC(C)C)N(C(=O)C1CCC(C)CC1)c1cc(C#CC(C)(C)C)sc1C(=O)OC. The number of amides is 1. The summed E-state index contributed by atoms with van der Waals surface area (Å²) in [5, 5.41) is 0. The Labute approximate surface area is 214 Å². The van der Waals surface area contributed by atoms with E-state index in [1.54, 1.807) is 6.07 Å². The van der Waals surface area contributed by atoms with Crippen molar-refractivity contribution in [2.45, 2.75) is 86.6 Å². The summed E-state index contributed by atoms with van der Waals surface area (Å²) in [6.07, 6.45) is 3.83. The number of anilines is 1. The Morgan fingerprint density at radius 3 is 2.31 bits per heavy atom. The van der Waals surface area contributed by atoms with Crippen molar-refractivity contribution in [1.29, 1.82) is 0 Å². The van der Waals surface area contributed by atoms with E-state index in [-0.39, 0.29) is 34.6 Å². The summed E-state index contributed by atoms with van der Waals surface area (Å²) in [5.41, 5.74) is 0.160. The molecule has 1 amide bonds. The molecule has 1 atom stereocenters.